The number of carbonyl (C=O) groups is 2. The van der Waals surface area contributed by atoms with Crippen LogP contribution in [0.3, 0.4) is 0 Å². The number of carbonyl (C=O) groups excluding carboxylic acids is 1. The predicted octanol–water partition coefficient (Wildman–Crippen LogP) is 3.12. The summed E-state index contributed by atoms with van der Waals surface area (Å²) in [5.74, 6) is -1.75. The highest BCUT2D eigenvalue weighted by Gasteiger charge is 2.29. The molecule has 2 rings (SSSR count). The van der Waals surface area contributed by atoms with E-state index in [1.165, 1.54) is 29.2 Å². The maximum atomic E-state index is 12.3. The molecule has 1 aliphatic heterocycles. The number of halogens is 3. The standard InChI is InChI=1S/C16H18F3NO3/c17-16(18,19)8-7-11-3-5-12(6-4-11)14(21)20-9-1-2-13(10-20)15(22)23/h3-6,13H,1-2,7-10H2,(H,22,23). The molecule has 0 spiro atoms. The number of carboxylic acid groups (broad SMARTS) is 1. The number of aliphatic carboxylic acids is 1. The molecule has 1 atom stereocenters. The number of amides is 1. The number of likely N-dealkylation sites (tertiary alicyclic amines) is 1. The second kappa shape index (κ2) is 7.02. The van der Waals surface area contributed by atoms with Crippen LogP contribution in [0.5, 0.6) is 0 Å². The Balaban J connectivity index is 1.98. The Morgan fingerprint density at radius 2 is 1.87 bits per heavy atom. The Morgan fingerprint density at radius 3 is 2.43 bits per heavy atom. The van der Waals surface area contributed by atoms with Crippen molar-refractivity contribution < 1.29 is 27.9 Å². The van der Waals surface area contributed by atoms with Gasteiger partial charge in [0.1, 0.15) is 0 Å². The molecule has 0 radical (unpaired) electrons. The van der Waals surface area contributed by atoms with Crippen LogP contribution in [0.25, 0.3) is 0 Å². The van der Waals surface area contributed by atoms with Gasteiger partial charge in [-0.15, -0.1) is 0 Å². The fourth-order valence-corrected chi connectivity index (χ4v) is 2.65. The average molecular weight is 329 g/mol. The molecule has 4 nitrogen and oxygen atoms in total. The second-order valence-corrected chi connectivity index (χ2v) is 5.74. The van der Waals surface area contributed by atoms with E-state index in [0.717, 1.165) is 0 Å². The molecule has 1 fully saturated rings. The van der Waals surface area contributed by atoms with Crippen LogP contribution in [0.1, 0.15) is 35.2 Å². The van der Waals surface area contributed by atoms with E-state index in [4.69, 9.17) is 5.11 Å². The SMILES string of the molecule is O=C(O)C1CCCN(C(=O)c2ccc(CCC(F)(F)F)cc2)C1. The molecule has 0 saturated carbocycles. The van der Waals surface area contributed by atoms with Gasteiger partial charge in [-0.3, -0.25) is 9.59 Å². The van der Waals surface area contributed by atoms with Gasteiger partial charge in [0, 0.05) is 25.1 Å². The number of carboxylic acids is 1. The van der Waals surface area contributed by atoms with Crippen LogP contribution in [0.4, 0.5) is 13.2 Å². The minimum atomic E-state index is -4.20. The monoisotopic (exact) mass is 329 g/mol. The van der Waals surface area contributed by atoms with Gasteiger partial charge in [0.15, 0.2) is 0 Å². The van der Waals surface area contributed by atoms with E-state index in [0.29, 0.717) is 30.5 Å². The van der Waals surface area contributed by atoms with Crippen LogP contribution >= 0.6 is 0 Å². The molecule has 1 N–H and O–H groups in total. The van der Waals surface area contributed by atoms with Crippen molar-refractivity contribution in [2.75, 3.05) is 13.1 Å². The van der Waals surface area contributed by atoms with E-state index in [1.807, 2.05) is 0 Å². The van der Waals surface area contributed by atoms with Gasteiger partial charge < -0.3 is 10.0 Å². The summed E-state index contributed by atoms with van der Waals surface area (Å²) in [6, 6.07) is 6.02. The first kappa shape index (κ1) is 17.3. The first-order valence-electron chi connectivity index (χ1n) is 7.44. The third kappa shape index (κ3) is 4.97. The van der Waals surface area contributed by atoms with Crippen LogP contribution in [-0.2, 0) is 11.2 Å². The number of aryl methyl sites for hydroxylation is 1. The lowest BCUT2D eigenvalue weighted by Crippen LogP contribution is -2.42. The van der Waals surface area contributed by atoms with Crippen LogP contribution in [0.15, 0.2) is 24.3 Å². The van der Waals surface area contributed by atoms with E-state index in [-0.39, 0.29) is 18.9 Å². The predicted molar refractivity (Wildman–Crippen MR) is 77.1 cm³/mol. The Bertz CT molecular complexity index is 569. The minimum absolute atomic E-state index is 0.122. The van der Waals surface area contributed by atoms with Gasteiger partial charge in [-0.25, -0.2) is 0 Å². The number of benzene rings is 1. The highest BCUT2D eigenvalue weighted by atomic mass is 19.4. The van der Waals surface area contributed by atoms with Crippen LogP contribution < -0.4 is 0 Å². The molecule has 1 aromatic carbocycles. The molecule has 1 amide bonds. The fourth-order valence-electron chi connectivity index (χ4n) is 2.65. The lowest BCUT2D eigenvalue weighted by molar-refractivity contribution is -0.143. The average Bonchev–Trinajstić information content (AvgIpc) is 2.52. The van der Waals surface area contributed by atoms with Crippen LogP contribution in [0, 0.1) is 5.92 Å². The zero-order valence-electron chi connectivity index (χ0n) is 12.5. The van der Waals surface area contributed by atoms with Crippen molar-refractivity contribution in [3.63, 3.8) is 0 Å². The number of piperidine rings is 1. The van der Waals surface area contributed by atoms with E-state index in [9.17, 15) is 22.8 Å². The van der Waals surface area contributed by atoms with Gasteiger partial charge >= 0.3 is 12.1 Å². The molecular weight excluding hydrogens is 311 g/mol. The topological polar surface area (TPSA) is 57.6 Å². The van der Waals surface area contributed by atoms with Crippen molar-refractivity contribution in [1.29, 1.82) is 0 Å². The van der Waals surface area contributed by atoms with E-state index < -0.39 is 24.5 Å². The van der Waals surface area contributed by atoms with Crippen molar-refractivity contribution in [3.8, 4) is 0 Å². The molecule has 0 aliphatic carbocycles. The maximum absolute atomic E-state index is 12.3. The van der Waals surface area contributed by atoms with Crippen molar-refractivity contribution in [1.82, 2.24) is 4.90 Å². The molecule has 0 aromatic heterocycles. The summed E-state index contributed by atoms with van der Waals surface area (Å²) in [5.41, 5.74) is 0.882. The fraction of sp³-hybridized carbons (Fsp3) is 0.500. The summed E-state index contributed by atoms with van der Waals surface area (Å²) in [6.07, 6.45) is -4.04. The first-order valence-corrected chi connectivity index (χ1v) is 7.44. The highest BCUT2D eigenvalue weighted by Crippen LogP contribution is 2.23. The molecule has 1 heterocycles. The molecule has 0 bridgehead atoms. The number of hydrogen-bond acceptors (Lipinski definition) is 2. The van der Waals surface area contributed by atoms with Gasteiger partial charge in [0.2, 0.25) is 0 Å². The quantitative estimate of drug-likeness (QED) is 0.923. The number of alkyl halides is 3. The number of hydrogen-bond donors (Lipinski definition) is 1. The van der Waals surface area contributed by atoms with Gasteiger partial charge in [-0.2, -0.15) is 13.2 Å². The largest absolute Gasteiger partial charge is 0.481 e. The Labute approximate surface area is 131 Å². The molecule has 126 valence electrons. The minimum Gasteiger partial charge on any atom is -0.481 e. The van der Waals surface area contributed by atoms with Crippen molar-refractivity contribution >= 4 is 11.9 Å². The zero-order valence-corrected chi connectivity index (χ0v) is 12.5. The zero-order chi connectivity index (χ0) is 17.0. The third-order valence-corrected chi connectivity index (χ3v) is 3.96. The van der Waals surface area contributed by atoms with E-state index in [1.54, 1.807) is 0 Å². The van der Waals surface area contributed by atoms with E-state index in [2.05, 4.69) is 0 Å². The van der Waals surface area contributed by atoms with Gasteiger partial charge in [-0.1, -0.05) is 12.1 Å². The molecule has 1 aromatic rings. The van der Waals surface area contributed by atoms with Crippen molar-refractivity contribution in [2.45, 2.75) is 31.9 Å². The summed E-state index contributed by atoms with van der Waals surface area (Å²) in [6.45, 7) is 0.669. The van der Waals surface area contributed by atoms with Gasteiger partial charge in [-0.05, 0) is 37.0 Å². The van der Waals surface area contributed by atoms with Crippen LogP contribution in [0.2, 0.25) is 0 Å². The van der Waals surface area contributed by atoms with E-state index >= 15 is 0 Å². The van der Waals surface area contributed by atoms with Crippen LogP contribution in [-0.4, -0.2) is 41.1 Å². The molecule has 1 unspecified atom stereocenters. The lowest BCUT2D eigenvalue weighted by Gasteiger charge is -2.30. The number of nitrogens with zero attached hydrogens (tertiary/aromatic N) is 1. The van der Waals surface area contributed by atoms with Gasteiger partial charge in [0.25, 0.3) is 5.91 Å². The Hall–Kier alpha value is -2.05. The second-order valence-electron chi connectivity index (χ2n) is 5.74. The third-order valence-electron chi connectivity index (χ3n) is 3.96. The van der Waals surface area contributed by atoms with Crippen molar-refractivity contribution in [2.24, 2.45) is 5.92 Å². The lowest BCUT2D eigenvalue weighted by atomic mass is 9.97. The Morgan fingerprint density at radius 1 is 1.22 bits per heavy atom. The van der Waals surface area contributed by atoms with Gasteiger partial charge in [0.05, 0.1) is 5.92 Å². The molecular formula is C16H18F3NO3. The van der Waals surface area contributed by atoms with Crippen molar-refractivity contribution in [3.05, 3.63) is 35.4 Å². The Kier molecular flexibility index (Phi) is 5.28. The normalized spacial score (nSPS) is 18.7. The molecule has 1 aliphatic rings. The summed E-state index contributed by atoms with van der Waals surface area (Å²) < 4.78 is 36.6. The molecule has 1 saturated heterocycles. The summed E-state index contributed by atoms with van der Waals surface area (Å²) in [5, 5.41) is 9.04. The summed E-state index contributed by atoms with van der Waals surface area (Å²) >= 11 is 0. The highest BCUT2D eigenvalue weighted by molar-refractivity contribution is 5.94. The molecule has 23 heavy (non-hydrogen) atoms. The smallest absolute Gasteiger partial charge is 0.389 e. The maximum Gasteiger partial charge on any atom is 0.389 e. The first-order chi connectivity index (χ1) is 10.8. The summed E-state index contributed by atoms with van der Waals surface area (Å²) in [7, 11) is 0. The molecule has 7 heteroatoms. The summed E-state index contributed by atoms with van der Waals surface area (Å²) in [4.78, 5) is 24.9. The number of rotatable bonds is 4.